The lowest BCUT2D eigenvalue weighted by Crippen LogP contribution is -2.51. The molecule has 3 unspecified atom stereocenters. The van der Waals surface area contributed by atoms with Crippen LogP contribution in [0.1, 0.15) is 51.9 Å². The monoisotopic (exact) mass is 290 g/mol. The van der Waals surface area contributed by atoms with Crippen molar-refractivity contribution in [2.75, 3.05) is 39.3 Å². The minimum absolute atomic E-state index is 0.00933. The predicted molar refractivity (Wildman–Crippen MR) is 84.2 cm³/mol. The fraction of sp³-hybridized carbons (Fsp3) is 0.944. The molecule has 0 amide bonds. The summed E-state index contributed by atoms with van der Waals surface area (Å²) in [6.07, 6.45) is 8.70. The van der Waals surface area contributed by atoms with Gasteiger partial charge in [-0.25, -0.2) is 0 Å². The van der Waals surface area contributed by atoms with Gasteiger partial charge in [0.2, 0.25) is 0 Å². The molecule has 3 heteroatoms. The molecule has 4 rings (SSSR count). The van der Waals surface area contributed by atoms with E-state index in [-0.39, 0.29) is 10.8 Å². The summed E-state index contributed by atoms with van der Waals surface area (Å²) in [4.78, 5) is 18.1. The van der Waals surface area contributed by atoms with Crippen LogP contribution in [-0.2, 0) is 4.79 Å². The van der Waals surface area contributed by atoms with Crippen LogP contribution >= 0.6 is 0 Å². The third kappa shape index (κ3) is 2.03. The molecule has 4 aliphatic rings. The molecule has 2 bridgehead atoms. The Labute approximate surface area is 129 Å². The van der Waals surface area contributed by atoms with Crippen molar-refractivity contribution in [3.05, 3.63) is 0 Å². The summed E-state index contributed by atoms with van der Waals surface area (Å²) in [5, 5.41) is 0. The van der Waals surface area contributed by atoms with Gasteiger partial charge in [-0.15, -0.1) is 0 Å². The number of hydrogen-bond donors (Lipinski definition) is 0. The molecule has 0 aromatic rings. The molecule has 3 nitrogen and oxygen atoms in total. The molecule has 118 valence electrons. The van der Waals surface area contributed by atoms with Crippen molar-refractivity contribution >= 4 is 5.78 Å². The second-order valence-electron chi connectivity index (χ2n) is 8.33. The van der Waals surface area contributed by atoms with E-state index in [1.807, 2.05) is 0 Å². The fourth-order valence-corrected chi connectivity index (χ4v) is 5.98. The number of carbonyl (C=O) groups excluding carboxylic acids is 1. The number of rotatable bonds is 4. The molecule has 0 radical (unpaired) electrons. The lowest BCUT2D eigenvalue weighted by molar-refractivity contribution is -0.131. The summed E-state index contributed by atoms with van der Waals surface area (Å²) >= 11 is 0. The van der Waals surface area contributed by atoms with E-state index in [0.717, 1.165) is 19.4 Å². The average molecular weight is 290 g/mol. The third-order valence-corrected chi connectivity index (χ3v) is 7.32. The minimum atomic E-state index is -0.00933. The van der Waals surface area contributed by atoms with Crippen LogP contribution in [0.2, 0.25) is 0 Å². The van der Waals surface area contributed by atoms with Gasteiger partial charge in [0.25, 0.3) is 0 Å². The van der Waals surface area contributed by atoms with E-state index in [4.69, 9.17) is 0 Å². The second kappa shape index (κ2) is 5.06. The number of likely N-dealkylation sites (tertiary alicyclic amines) is 2. The van der Waals surface area contributed by atoms with Crippen LogP contribution in [-0.4, -0.2) is 54.9 Å². The van der Waals surface area contributed by atoms with Gasteiger partial charge >= 0.3 is 0 Å². The summed E-state index contributed by atoms with van der Waals surface area (Å²) in [5.41, 5.74) is 0.238. The second-order valence-corrected chi connectivity index (χ2v) is 8.33. The molecule has 0 N–H and O–H groups in total. The van der Waals surface area contributed by atoms with Gasteiger partial charge in [0.05, 0.1) is 0 Å². The molecule has 2 saturated carbocycles. The molecule has 2 aliphatic heterocycles. The highest BCUT2D eigenvalue weighted by atomic mass is 16.1. The summed E-state index contributed by atoms with van der Waals surface area (Å²) in [7, 11) is 0. The Morgan fingerprint density at radius 2 is 1.57 bits per heavy atom. The number of nitrogens with zero attached hydrogens (tertiary/aromatic N) is 2. The number of fused-ring (bicyclic) bond motifs is 2. The van der Waals surface area contributed by atoms with Crippen molar-refractivity contribution in [3.8, 4) is 0 Å². The van der Waals surface area contributed by atoms with Gasteiger partial charge < -0.3 is 9.80 Å². The molecular weight excluding hydrogens is 260 g/mol. The van der Waals surface area contributed by atoms with Crippen molar-refractivity contribution in [1.82, 2.24) is 9.80 Å². The highest BCUT2D eigenvalue weighted by molar-refractivity contribution is 5.90. The first-order chi connectivity index (χ1) is 10.1. The number of carbonyl (C=O) groups is 1. The van der Waals surface area contributed by atoms with Gasteiger partial charge in [0, 0.05) is 24.9 Å². The molecule has 3 atom stereocenters. The predicted octanol–water partition coefficient (Wildman–Crippen LogP) is 2.55. The van der Waals surface area contributed by atoms with Crippen LogP contribution < -0.4 is 0 Å². The van der Waals surface area contributed by atoms with E-state index in [2.05, 4.69) is 16.7 Å². The first kappa shape index (κ1) is 14.2. The standard InChI is InChI=1S/C18H30N2O/c1-17(13-19-8-2-3-9-19)15-6-7-18(17,16(21)12-15)14-20-10-4-5-11-20/h15H,2-14H2,1H3. The van der Waals surface area contributed by atoms with Crippen LogP contribution in [0.3, 0.4) is 0 Å². The molecule has 2 saturated heterocycles. The molecule has 0 spiro atoms. The Morgan fingerprint density at radius 3 is 2.14 bits per heavy atom. The Hall–Kier alpha value is -0.410. The van der Waals surface area contributed by atoms with Crippen LogP contribution in [0.25, 0.3) is 0 Å². The van der Waals surface area contributed by atoms with E-state index < -0.39 is 0 Å². The Kier molecular flexibility index (Phi) is 3.42. The van der Waals surface area contributed by atoms with Crippen molar-refractivity contribution in [2.45, 2.75) is 51.9 Å². The maximum atomic E-state index is 12.9. The minimum Gasteiger partial charge on any atom is -0.303 e. The van der Waals surface area contributed by atoms with Gasteiger partial charge in [0.1, 0.15) is 5.78 Å². The van der Waals surface area contributed by atoms with Crippen molar-refractivity contribution in [3.63, 3.8) is 0 Å². The van der Waals surface area contributed by atoms with Crippen molar-refractivity contribution < 1.29 is 4.79 Å². The highest BCUT2D eigenvalue weighted by Crippen LogP contribution is 2.64. The number of ketones is 1. The highest BCUT2D eigenvalue weighted by Gasteiger charge is 2.66. The average Bonchev–Trinajstić information content (AvgIpc) is 3.20. The Morgan fingerprint density at radius 1 is 1.00 bits per heavy atom. The quantitative estimate of drug-likeness (QED) is 0.795. The maximum absolute atomic E-state index is 12.9. The van der Waals surface area contributed by atoms with Gasteiger partial charge in [0.15, 0.2) is 0 Å². The summed E-state index contributed by atoms with van der Waals surface area (Å²) in [6.45, 7) is 9.67. The van der Waals surface area contributed by atoms with E-state index in [1.165, 1.54) is 64.8 Å². The maximum Gasteiger partial charge on any atom is 0.141 e. The van der Waals surface area contributed by atoms with Crippen LogP contribution in [0, 0.1) is 16.7 Å². The molecule has 0 aromatic heterocycles. The normalized spacial score (nSPS) is 44.2. The molecule has 2 aliphatic carbocycles. The van der Waals surface area contributed by atoms with E-state index in [9.17, 15) is 4.79 Å². The molecular formula is C18H30N2O. The summed E-state index contributed by atoms with van der Waals surface area (Å²) < 4.78 is 0. The zero-order valence-corrected chi connectivity index (χ0v) is 13.6. The fourth-order valence-electron chi connectivity index (χ4n) is 5.98. The van der Waals surface area contributed by atoms with Gasteiger partial charge in [-0.2, -0.15) is 0 Å². The first-order valence-corrected chi connectivity index (χ1v) is 9.12. The van der Waals surface area contributed by atoms with Crippen molar-refractivity contribution in [1.29, 1.82) is 0 Å². The molecule has 21 heavy (non-hydrogen) atoms. The van der Waals surface area contributed by atoms with E-state index in [0.29, 0.717) is 11.7 Å². The smallest absolute Gasteiger partial charge is 0.141 e. The largest absolute Gasteiger partial charge is 0.303 e. The Balaban J connectivity index is 1.59. The number of Topliss-reactive ketones (excluding diaryl/α,β-unsaturated/α-hetero) is 1. The lowest BCUT2D eigenvalue weighted by atomic mass is 9.67. The van der Waals surface area contributed by atoms with Gasteiger partial charge in [-0.3, -0.25) is 4.79 Å². The lowest BCUT2D eigenvalue weighted by Gasteiger charge is -2.44. The zero-order chi connectivity index (χ0) is 14.5. The zero-order valence-electron chi connectivity index (χ0n) is 13.6. The van der Waals surface area contributed by atoms with Crippen LogP contribution in [0.5, 0.6) is 0 Å². The van der Waals surface area contributed by atoms with Crippen molar-refractivity contribution in [2.24, 2.45) is 16.7 Å². The topological polar surface area (TPSA) is 23.6 Å². The summed E-state index contributed by atoms with van der Waals surface area (Å²) in [6, 6.07) is 0. The van der Waals surface area contributed by atoms with Crippen LogP contribution in [0.4, 0.5) is 0 Å². The SMILES string of the molecule is CC1(CN2CCCC2)C2CCC1(CN1CCCC1)C(=O)C2. The number of hydrogen-bond acceptors (Lipinski definition) is 3. The van der Waals surface area contributed by atoms with Crippen LogP contribution in [0.15, 0.2) is 0 Å². The van der Waals surface area contributed by atoms with E-state index in [1.54, 1.807) is 0 Å². The molecule has 0 aromatic carbocycles. The Bertz CT molecular complexity index is 425. The van der Waals surface area contributed by atoms with Gasteiger partial charge in [-0.1, -0.05) is 6.92 Å². The van der Waals surface area contributed by atoms with E-state index >= 15 is 0 Å². The van der Waals surface area contributed by atoms with Gasteiger partial charge in [-0.05, 0) is 76.0 Å². The summed E-state index contributed by atoms with van der Waals surface area (Å²) in [5.74, 6) is 1.26. The molecule has 4 fully saturated rings. The third-order valence-electron chi connectivity index (χ3n) is 7.32. The first-order valence-electron chi connectivity index (χ1n) is 9.12. The molecule has 2 heterocycles.